The number of likely N-dealkylation sites (tertiary alicyclic amines) is 1. The maximum Gasteiger partial charge on any atom is 0.223 e. The van der Waals surface area contributed by atoms with Gasteiger partial charge in [-0.15, -0.1) is 16.4 Å². The zero-order chi connectivity index (χ0) is 13.2. The van der Waals surface area contributed by atoms with E-state index < -0.39 is 0 Å². The molecule has 0 spiro atoms. The van der Waals surface area contributed by atoms with Crippen LogP contribution in [0.25, 0.3) is 0 Å². The molecular weight excluding hydrogens is 260 g/mol. The van der Waals surface area contributed by atoms with E-state index in [9.17, 15) is 4.79 Å². The number of rotatable bonds is 4. The van der Waals surface area contributed by atoms with Crippen molar-refractivity contribution < 1.29 is 4.79 Å². The highest BCUT2D eigenvalue weighted by Crippen LogP contribution is 2.22. The molecule has 3 heterocycles. The Hall–Kier alpha value is -1.69. The summed E-state index contributed by atoms with van der Waals surface area (Å²) in [6.45, 7) is 3.61. The summed E-state index contributed by atoms with van der Waals surface area (Å²) < 4.78 is 1.83. The first kappa shape index (κ1) is 12.3. The fourth-order valence-corrected chi connectivity index (χ4v) is 3.19. The Kier molecular flexibility index (Phi) is 3.33. The van der Waals surface area contributed by atoms with E-state index in [-0.39, 0.29) is 5.91 Å². The van der Waals surface area contributed by atoms with Crippen molar-refractivity contribution in [1.29, 1.82) is 0 Å². The van der Waals surface area contributed by atoms with Gasteiger partial charge in [0.25, 0.3) is 0 Å². The minimum atomic E-state index is 0.240. The average Bonchev–Trinajstić information content (AvgIpc) is 2.96. The molecular formula is C13H16N4OS. The van der Waals surface area contributed by atoms with Crippen LogP contribution in [0.15, 0.2) is 23.8 Å². The maximum atomic E-state index is 12.0. The molecule has 2 aromatic rings. The number of amides is 1. The lowest BCUT2D eigenvalue weighted by atomic mass is 10.1. The molecule has 0 atom stereocenters. The standard InChI is InChI=1S/C13H16N4OS/c1-10-4-7-19-12(10)2-3-13(18)16-8-11(9-16)17-6-5-14-15-17/h4-7,11H,2-3,8-9H2,1H3. The Morgan fingerprint density at radius 3 is 3.00 bits per heavy atom. The summed E-state index contributed by atoms with van der Waals surface area (Å²) in [4.78, 5) is 15.3. The minimum Gasteiger partial charge on any atom is -0.338 e. The second-order valence-electron chi connectivity index (χ2n) is 4.86. The van der Waals surface area contributed by atoms with Gasteiger partial charge in [-0.25, -0.2) is 4.68 Å². The zero-order valence-corrected chi connectivity index (χ0v) is 11.6. The van der Waals surface area contributed by atoms with E-state index in [1.165, 1.54) is 10.4 Å². The van der Waals surface area contributed by atoms with E-state index in [0.29, 0.717) is 12.5 Å². The van der Waals surface area contributed by atoms with Gasteiger partial charge in [0.2, 0.25) is 5.91 Å². The molecule has 2 aromatic heterocycles. The fourth-order valence-electron chi connectivity index (χ4n) is 2.28. The number of carbonyl (C=O) groups excluding carboxylic acids is 1. The van der Waals surface area contributed by atoms with Crippen LogP contribution >= 0.6 is 11.3 Å². The molecule has 0 aliphatic carbocycles. The minimum absolute atomic E-state index is 0.240. The first-order valence-electron chi connectivity index (χ1n) is 6.40. The second-order valence-corrected chi connectivity index (χ2v) is 5.86. The fraction of sp³-hybridized carbons (Fsp3) is 0.462. The van der Waals surface area contributed by atoms with Crippen LogP contribution in [0.3, 0.4) is 0 Å². The van der Waals surface area contributed by atoms with Crippen LogP contribution in [0.5, 0.6) is 0 Å². The van der Waals surface area contributed by atoms with Crippen molar-refractivity contribution in [3.63, 3.8) is 0 Å². The highest BCUT2D eigenvalue weighted by molar-refractivity contribution is 7.10. The molecule has 3 rings (SSSR count). The third-order valence-electron chi connectivity index (χ3n) is 3.56. The predicted octanol–water partition coefficient (Wildman–Crippen LogP) is 1.66. The van der Waals surface area contributed by atoms with Gasteiger partial charge in [0.15, 0.2) is 0 Å². The first-order chi connectivity index (χ1) is 9.24. The van der Waals surface area contributed by atoms with Gasteiger partial charge in [-0.2, -0.15) is 0 Å². The largest absolute Gasteiger partial charge is 0.338 e. The number of aromatic nitrogens is 3. The zero-order valence-electron chi connectivity index (χ0n) is 10.8. The Bertz CT molecular complexity index is 557. The Morgan fingerprint density at radius 2 is 2.37 bits per heavy atom. The van der Waals surface area contributed by atoms with Crippen molar-refractivity contribution in [2.45, 2.75) is 25.8 Å². The molecule has 0 unspecified atom stereocenters. The number of hydrogen-bond donors (Lipinski definition) is 0. The van der Waals surface area contributed by atoms with E-state index in [4.69, 9.17) is 0 Å². The molecule has 19 heavy (non-hydrogen) atoms. The number of hydrogen-bond acceptors (Lipinski definition) is 4. The molecule has 1 fully saturated rings. The third kappa shape index (κ3) is 2.53. The highest BCUT2D eigenvalue weighted by atomic mass is 32.1. The number of nitrogens with zero attached hydrogens (tertiary/aromatic N) is 4. The van der Waals surface area contributed by atoms with Gasteiger partial charge in [-0.1, -0.05) is 5.21 Å². The smallest absolute Gasteiger partial charge is 0.223 e. The van der Waals surface area contributed by atoms with E-state index in [1.54, 1.807) is 17.5 Å². The quantitative estimate of drug-likeness (QED) is 0.853. The molecule has 0 N–H and O–H groups in total. The molecule has 0 saturated carbocycles. The Morgan fingerprint density at radius 1 is 1.53 bits per heavy atom. The number of thiophene rings is 1. The van der Waals surface area contributed by atoms with Crippen LogP contribution in [-0.4, -0.2) is 38.9 Å². The normalized spacial score (nSPS) is 15.5. The molecule has 0 radical (unpaired) electrons. The summed E-state index contributed by atoms with van der Waals surface area (Å²) in [6, 6.07) is 2.41. The summed E-state index contributed by atoms with van der Waals surface area (Å²) in [7, 11) is 0. The van der Waals surface area contributed by atoms with Gasteiger partial charge < -0.3 is 4.90 Å². The summed E-state index contributed by atoms with van der Waals surface area (Å²) in [5, 5.41) is 9.83. The molecule has 100 valence electrons. The van der Waals surface area contributed by atoms with Crippen molar-refractivity contribution in [1.82, 2.24) is 19.9 Å². The van der Waals surface area contributed by atoms with Gasteiger partial charge in [0.1, 0.15) is 0 Å². The van der Waals surface area contributed by atoms with Gasteiger partial charge in [0, 0.05) is 30.6 Å². The lowest BCUT2D eigenvalue weighted by Gasteiger charge is -2.38. The maximum absolute atomic E-state index is 12.0. The monoisotopic (exact) mass is 276 g/mol. The Balaban J connectivity index is 1.47. The Labute approximate surface area is 115 Å². The predicted molar refractivity (Wildman–Crippen MR) is 73.0 cm³/mol. The molecule has 5 nitrogen and oxygen atoms in total. The number of aryl methyl sites for hydroxylation is 2. The molecule has 1 amide bonds. The first-order valence-corrected chi connectivity index (χ1v) is 7.28. The third-order valence-corrected chi connectivity index (χ3v) is 4.65. The van der Waals surface area contributed by atoms with E-state index in [0.717, 1.165) is 19.5 Å². The molecule has 1 saturated heterocycles. The SMILES string of the molecule is Cc1ccsc1CCC(=O)N1CC(n2ccnn2)C1. The highest BCUT2D eigenvalue weighted by Gasteiger charge is 2.31. The second kappa shape index (κ2) is 5.13. The van der Waals surface area contributed by atoms with E-state index in [1.807, 2.05) is 15.8 Å². The molecule has 6 heteroatoms. The van der Waals surface area contributed by atoms with Crippen molar-refractivity contribution in [3.05, 3.63) is 34.3 Å². The number of carbonyl (C=O) groups is 1. The summed E-state index contributed by atoms with van der Waals surface area (Å²) >= 11 is 1.73. The molecule has 0 bridgehead atoms. The topological polar surface area (TPSA) is 51.0 Å². The van der Waals surface area contributed by atoms with Crippen molar-refractivity contribution >= 4 is 17.2 Å². The van der Waals surface area contributed by atoms with Crippen LogP contribution in [0.4, 0.5) is 0 Å². The van der Waals surface area contributed by atoms with Gasteiger partial charge in [-0.3, -0.25) is 4.79 Å². The summed E-state index contributed by atoms with van der Waals surface area (Å²) in [5.41, 5.74) is 1.29. The van der Waals surface area contributed by atoms with Crippen LogP contribution in [0, 0.1) is 6.92 Å². The van der Waals surface area contributed by atoms with Gasteiger partial charge in [0.05, 0.1) is 12.2 Å². The van der Waals surface area contributed by atoms with Gasteiger partial charge in [-0.05, 0) is 30.4 Å². The van der Waals surface area contributed by atoms with Crippen molar-refractivity contribution in [2.75, 3.05) is 13.1 Å². The average molecular weight is 276 g/mol. The van der Waals surface area contributed by atoms with E-state index >= 15 is 0 Å². The summed E-state index contributed by atoms with van der Waals surface area (Å²) in [5.74, 6) is 0.240. The molecule has 1 aliphatic rings. The van der Waals surface area contributed by atoms with Crippen LogP contribution in [0.2, 0.25) is 0 Å². The van der Waals surface area contributed by atoms with Crippen molar-refractivity contribution in [2.24, 2.45) is 0 Å². The van der Waals surface area contributed by atoms with Crippen LogP contribution in [0.1, 0.15) is 22.9 Å². The van der Waals surface area contributed by atoms with Gasteiger partial charge >= 0.3 is 0 Å². The van der Waals surface area contributed by atoms with E-state index in [2.05, 4.69) is 28.7 Å². The molecule has 1 aliphatic heterocycles. The lowest BCUT2D eigenvalue weighted by Crippen LogP contribution is -2.50. The van der Waals surface area contributed by atoms with Crippen LogP contribution < -0.4 is 0 Å². The summed E-state index contributed by atoms with van der Waals surface area (Å²) in [6.07, 6.45) is 4.98. The lowest BCUT2D eigenvalue weighted by molar-refractivity contribution is -0.137. The van der Waals surface area contributed by atoms with Crippen LogP contribution in [-0.2, 0) is 11.2 Å². The molecule has 0 aromatic carbocycles. The van der Waals surface area contributed by atoms with Crippen molar-refractivity contribution in [3.8, 4) is 0 Å².